The lowest BCUT2D eigenvalue weighted by Gasteiger charge is -2.08. The molecule has 0 saturated carbocycles. The number of hydrogen-bond donors (Lipinski definition) is 1. The van der Waals surface area contributed by atoms with Crippen LogP contribution in [-0.2, 0) is 13.2 Å². The molecule has 3 aromatic carbocycles. The van der Waals surface area contributed by atoms with Gasteiger partial charge in [0.2, 0.25) is 0 Å². The van der Waals surface area contributed by atoms with E-state index in [1.54, 1.807) is 16.8 Å². The van der Waals surface area contributed by atoms with E-state index >= 15 is 0 Å². The maximum Gasteiger partial charge on any atom is 0.256 e. The lowest BCUT2D eigenvalue weighted by atomic mass is 10.1. The first-order chi connectivity index (χ1) is 14.7. The van der Waals surface area contributed by atoms with Crippen molar-refractivity contribution in [1.29, 1.82) is 0 Å². The highest BCUT2D eigenvalue weighted by Gasteiger charge is 2.09. The van der Waals surface area contributed by atoms with Gasteiger partial charge in [-0.25, -0.2) is 0 Å². The highest BCUT2D eigenvalue weighted by atomic mass is 79.9. The first-order valence-corrected chi connectivity index (χ1v) is 10.3. The Morgan fingerprint density at radius 3 is 2.50 bits per heavy atom. The molecular weight excluding hydrogens is 442 g/mol. The summed E-state index contributed by atoms with van der Waals surface area (Å²) in [4.78, 5) is 12.6. The van der Waals surface area contributed by atoms with Crippen molar-refractivity contribution in [2.24, 2.45) is 0 Å². The summed E-state index contributed by atoms with van der Waals surface area (Å²) in [6, 6.07) is 26.9. The van der Waals surface area contributed by atoms with E-state index in [9.17, 15) is 4.79 Å². The molecule has 0 aliphatic rings. The van der Waals surface area contributed by atoms with Gasteiger partial charge in [0, 0.05) is 22.3 Å². The van der Waals surface area contributed by atoms with Gasteiger partial charge in [-0.1, -0.05) is 58.4 Å². The molecule has 30 heavy (non-hydrogen) atoms. The number of benzene rings is 3. The minimum atomic E-state index is -0.203. The number of carbonyl (C=O) groups is 1. The summed E-state index contributed by atoms with van der Waals surface area (Å²) in [7, 11) is 0. The summed E-state index contributed by atoms with van der Waals surface area (Å²) < 4.78 is 8.59. The van der Waals surface area contributed by atoms with Crippen LogP contribution < -0.4 is 10.1 Å². The molecule has 4 rings (SSSR count). The molecule has 0 saturated heterocycles. The normalized spacial score (nSPS) is 10.6. The molecule has 6 heteroatoms. The third-order valence-corrected chi connectivity index (χ3v) is 5.01. The second-order valence-electron chi connectivity index (χ2n) is 6.78. The van der Waals surface area contributed by atoms with Gasteiger partial charge in [0.25, 0.3) is 5.91 Å². The molecule has 150 valence electrons. The molecule has 0 bridgehead atoms. The van der Waals surface area contributed by atoms with Crippen molar-refractivity contribution < 1.29 is 9.53 Å². The van der Waals surface area contributed by atoms with Crippen LogP contribution in [0.5, 0.6) is 5.75 Å². The smallest absolute Gasteiger partial charge is 0.256 e. The number of ether oxygens (including phenoxy) is 1. The second-order valence-corrected chi connectivity index (χ2v) is 7.70. The zero-order valence-electron chi connectivity index (χ0n) is 16.2. The van der Waals surface area contributed by atoms with E-state index in [0.29, 0.717) is 24.5 Å². The molecule has 0 unspecified atom stereocenters. The number of rotatable bonds is 7. The fourth-order valence-corrected chi connectivity index (χ4v) is 3.24. The van der Waals surface area contributed by atoms with Gasteiger partial charge >= 0.3 is 0 Å². The molecule has 1 N–H and O–H groups in total. The van der Waals surface area contributed by atoms with Crippen LogP contribution in [0.3, 0.4) is 0 Å². The summed E-state index contributed by atoms with van der Waals surface area (Å²) in [6.45, 7) is 1.04. The van der Waals surface area contributed by atoms with E-state index in [1.807, 2.05) is 79.0 Å². The number of hydrogen-bond acceptors (Lipinski definition) is 3. The van der Waals surface area contributed by atoms with Gasteiger partial charge in [0.15, 0.2) is 5.82 Å². The van der Waals surface area contributed by atoms with Crippen LogP contribution in [0.4, 0.5) is 5.82 Å². The minimum absolute atomic E-state index is 0.203. The number of anilines is 1. The van der Waals surface area contributed by atoms with Crippen LogP contribution in [0.25, 0.3) is 0 Å². The molecule has 0 spiro atoms. The van der Waals surface area contributed by atoms with Crippen molar-refractivity contribution >= 4 is 27.7 Å². The van der Waals surface area contributed by atoms with E-state index in [-0.39, 0.29) is 5.91 Å². The summed E-state index contributed by atoms with van der Waals surface area (Å²) in [5, 5.41) is 7.29. The van der Waals surface area contributed by atoms with Gasteiger partial charge in [0.05, 0.1) is 6.54 Å². The molecule has 0 radical (unpaired) electrons. The van der Waals surface area contributed by atoms with Gasteiger partial charge in [-0.3, -0.25) is 9.48 Å². The molecular formula is C24H20BrN3O2. The fraction of sp³-hybridized carbons (Fsp3) is 0.0833. The molecule has 1 heterocycles. The van der Waals surface area contributed by atoms with E-state index < -0.39 is 0 Å². The van der Waals surface area contributed by atoms with Gasteiger partial charge in [-0.2, -0.15) is 5.10 Å². The van der Waals surface area contributed by atoms with E-state index in [0.717, 1.165) is 21.3 Å². The second kappa shape index (κ2) is 9.41. The highest BCUT2D eigenvalue weighted by molar-refractivity contribution is 9.10. The SMILES string of the molecule is O=C(Nc1ccn(Cc2ccccc2)n1)c1cccc(COc2ccc(Br)cc2)c1. The van der Waals surface area contributed by atoms with Crippen molar-refractivity contribution in [2.75, 3.05) is 5.32 Å². The standard InChI is InChI=1S/C24H20BrN3O2/c25-21-9-11-22(12-10-21)30-17-19-7-4-8-20(15-19)24(29)26-23-13-14-28(27-23)16-18-5-2-1-3-6-18/h1-15H,16-17H2,(H,26,27,29). The quantitative estimate of drug-likeness (QED) is 0.393. The predicted octanol–water partition coefficient (Wildman–Crippen LogP) is 5.53. The van der Waals surface area contributed by atoms with Crippen LogP contribution in [0.2, 0.25) is 0 Å². The molecule has 1 amide bonds. The first-order valence-electron chi connectivity index (χ1n) is 9.52. The summed E-state index contributed by atoms with van der Waals surface area (Å²) >= 11 is 3.41. The Hall–Kier alpha value is -3.38. The molecule has 0 aliphatic heterocycles. The van der Waals surface area contributed by atoms with Gasteiger partial charge in [-0.15, -0.1) is 0 Å². The molecule has 1 aromatic heterocycles. The largest absolute Gasteiger partial charge is 0.489 e. The zero-order chi connectivity index (χ0) is 20.8. The maximum absolute atomic E-state index is 12.6. The molecule has 0 aliphatic carbocycles. The predicted molar refractivity (Wildman–Crippen MR) is 121 cm³/mol. The zero-order valence-corrected chi connectivity index (χ0v) is 17.7. The Kier molecular flexibility index (Phi) is 6.25. The van der Waals surface area contributed by atoms with Crippen LogP contribution in [0.1, 0.15) is 21.5 Å². The Labute approximate surface area is 183 Å². The van der Waals surface area contributed by atoms with Gasteiger partial charge < -0.3 is 10.1 Å². The number of nitrogens with one attached hydrogen (secondary N) is 1. The topological polar surface area (TPSA) is 56.2 Å². The van der Waals surface area contributed by atoms with Crippen LogP contribution in [-0.4, -0.2) is 15.7 Å². The number of halogens is 1. The molecule has 5 nitrogen and oxygen atoms in total. The number of amides is 1. The Morgan fingerprint density at radius 1 is 0.933 bits per heavy atom. The Bertz CT molecular complexity index is 1120. The monoisotopic (exact) mass is 461 g/mol. The molecule has 0 atom stereocenters. The summed E-state index contributed by atoms with van der Waals surface area (Å²) in [6.07, 6.45) is 1.85. The average Bonchev–Trinajstić information content (AvgIpc) is 3.21. The van der Waals surface area contributed by atoms with E-state index in [1.165, 1.54) is 0 Å². The van der Waals surface area contributed by atoms with Gasteiger partial charge in [-0.05, 0) is 47.5 Å². The minimum Gasteiger partial charge on any atom is -0.489 e. The lowest BCUT2D eigenvalue weighted by Crippen LogP contribution is -2.13. The van der Waals surface area contributed by atoms with Crippen LogP contribution in [0.15, 0.2) is 95.6 Å². The van der Waals surface area contributed by atoms with Crippen LogP contribution in [0, 0.1) is 0 Å². The number of aromatic nitrogens is 2. The van der Waals surface area contributed by atoms with Crippen molar-refractivity contribution in [3.8, 4) is 5.75 Å². The third kappa shape index (κ3) is 5.36. The van der Waals surface area contributed by atoms with Crippen LogP contribution >= 0.6 is 15.9 Å². The number of carbonyl (C=O) groups excluding carboxylic acids is 1. The summed E-state index contributed by atoms with van der Waals surface area (Å²) in [5.74, 6) is 1.09. The Morgan fingerprint density at radius 2 is 1.70 bits per heavy atom. The number of nitrogens with zero attached hydrogens (tertiary/aromatic N) is 2. The van der Waals surface area contributed by atoms with E-state index in [2.05, 4.69) is 26.3 Å². The van der Waals surface area contributed by atoms with E-state index in [4.69, 9.17) is 4.74 Å². The highest BCUT2D eigenvalue weighted by Crippen LogP contribution is 2.18. The van der Waals surface area contributed by atoms with Crippen molar-refractivity contribution in [3.05, 3.63) is 112 Å². The molecule has 4 aromatic rings. The van der Waals surface area contributed by atoms with Crippen molar-refractivity contribution in [2.45, 2.75) is 13.2 Å². The fourth-order valence-electron chi connectivity index (χ4n) is 2.98. The maximum atomic E-state index is 12.6. The first kappa shape index (κ1) is 19.9. The van der Waals surface area contributed by atoms with Gasteiger partial charge in [0.1, 0.15) is 12.4 Å². The van der Waals surface area contributed by atoms with Crippen molar-refractivity contribution in [3.63, 3.8) is 0 Å². The van der Waals surface area contributed by atoms with Crippen molar-refractivity contribution in [1.82, 2.24) is 9.78 Å². The average molecular weight is 462 g/mol. The lowest BCUT2D eigenvalue weighted by molar-refractivity contribution is 0.102. The summed E-state index contributed by atoms with van der Waals surface area (Å²) in [5.41, 5.74) is 2.63. The Balaban J connectivity index is 1.36. The third-order valence-electron chi connectivity index (χ3n) is 4.48. The molecule has 0 fully saturated rings.